The molecule has 0 heterocycles. The lowest BCUT2D eigenvalue weighted by Crippen LogP contribution is -2.36. The molecule has 0 spiro atoms. The maximum atomic E-state index is 11.7. The van der Waals surface area contributed by atoms with E-state index < -0.39 is 6.10 Å². The van der Waals surface area contributed by atoms with Crippen LogP contribution in [-0.2, 0) is 4.79 Å². The van der Waals surface area contributed by atoms with E-state index in [1.807, 2.05) is 6.92 Å². The van der Waals surface area contributed by atoms with Crippen molar-refractivity contribution in [1.82, 2.24) is 0 Å². The number of hydrogen-bond acceptors (Lipinski definition) is 2. The fourth-order valence-electron chi connectivity index (χ4n) is 2.48. The molecule has 0 aromatic rings. The largest absolute Gasteiger partial charge is 0.385 e. The second-order valence-corrected chi connectivity index (χ2v) is 5.18. The number of carbonyl (C=O) groups is 1. The van der Waals surface area contributed by atoms with Crippen molar-refractivity contribution >= 4 is 5.78 Å². The molecule has 0 aromatic heterocycles. The normalized spacial score (nSPS) is 25.9. The molecule has 0 saturated heterocycles. The minimum Gasteiger partial charge on any atom is -0.385 e. The summed E-state index contributed by atoms with van der Waals surface area (Å²) in [6, 6.07) is 0. The molecule has 0 fully saturated rings. The van der Waals surface area contributed by atoms with Gasteiger partial charge in [-0.15, -0.1) is 0 Å². The fraction of sp³-hybridized carbons (Fsp3) is 0.769. The van der Waals surface area contributed by atoms with Crippen LogP contribution in [0.2, 0.25) is 0 Å². The molecule has 0 bridgehead atoms. The van der Waals surface area contributed by atoms with Crippen LogP contribution >= 0.6 is 0 Å². The Morgan fingerprint density at radius 2 is 2.07 bits per heavy atom. The van der Waals surface area contributed by atoms with E-state index in [1.165, 1.54) is 5.57 Å². The smallest absolute Gasteiger partial charge is 0.186 e. The van der Waals surface area contributed by atoms with E-state index >= 15 is 0 Å². The molecule has 1 N–H and O–H groups in total. The third kappa shape index (κ3) is 2.49. The molecule has 15 heavy (non-hydrogen) atoms. The zero-order chi connectivity index (χ0) is 11.6. The standard InChI is InChI=1S/C13H22O2/c1-5-6-7-10-9(2)12(15)11(14)8-13(10,3)4/h11,14H,5-8H2,1-4H3. The minimum atomic E-state index is -0.787. The van der Waals surface area contributed by atoms with Crippen LogP contribution in [0.25, 0.3) is 0 Å². The van der Waals surface area contributed by atoms with E-state index in [0.29, 0.717) is 6.42 Å². The highest BCUT2D eigenvalue weighted by Gasteiger charge is 2.37. The average Bonchev–Trinajstić information content (AvgIpc) is 2.14. The predicted molar refractivity (Wildman–Crippen MR) is 61.6 cm³/mol. The van der Waals surface area contributed by atoms with Crippen LogP contribution in [0.3, 0.4) is 0 Å². The van der Waals surface area contributed by atoms with Crippen LogP contribution in [-0.4, -0.2) is 17.0 Å². The Kier molecular flexibility index (Phi) is 3.72. The van der Waals surface area contributed by atoms with Gasteiger partial charge in [-0.1, -0.05) is 32.8 Å². The molecular formula is C13H22O2. The van der Waals surface area contributed by atoms with E-state index in [2.05, 4.69) is 20.8 Å². The number of Topliss-reactive ketones (excluding diaryl/α,β-unsaturated/α-hetero) is 1. The van der Waals surface area contributed by atoms with Gasteiger partial charge in [0.1, 0.15) is 6.10 Å². The van der Waals surface area contributed by atoms with Crippen molar-refractivity contribution in [1.29, 1.82) is 0 Å². The molecule has 1 aliphatic carbocycles. The summed E-state index contributed by atoms with van der Waals surface area (Å²) in [7, 11) is 0. The summed E-state index contributed by atoms with van der Waals surface area (Å²) in [6.45, 7) is 8.26. The fourth-order valence-corrected chi connectivity index (χ4v) is 2.48. The van der Waals surface area contributed by atoms with Crippen molar-refractivity contribution in [2.45, 2.75) is 59.5 Å². The van der Waals surface area contributed by atoms with Gasteiger partial charge >= 0.3 is 0 Å². The Morgan fingerprint density at radius 1 is 1.47 bits per heavy atom. The molecule has 0 radical (unpaired) electrons. The maximum absolute atomic E-state index is 11.7. The first-order valence-electron chi connectivity index (χ1n) is 5.82. The van der Waals surface area contributed by atoms with E-state index in [1.54, 1.807) is 0 Å². The highest BCUT2D eigenvalue weighted by Crippen LogP contribution is 2.41. The third-order valence-electron chi connectivity index (χ3n) is 3.43. The van der Waals surface area contributed by atoms with Crippen LogP contribution in [0.1, 0.15) is 53.4 Å². The quantitative estimate of drug-likeness (QED) is 0.777. The number of rotatable bonds is 3. The van der Waals surface area contributed by atoms with Gasteiger partial charge in [0.25, 0.3) is 0 Å². The van der Waals surface area contributed by atoms with E-state index in [9.17, 15) is 9.90 Å². The summed E-state index contributed by atoms with van der Waals surface area (Å²) in [6.07, 6.45) is 3.05. The van der Waals surface area contributed by atoms with E-state index in [0.717, 1.165) is 24.8 Å². The predicted octanol–water partition coefficient (Wildman–Crippen LogP) is 2.85. The Hall–Kier alpha value is -0.630. The Morgan fingerprint density at radius 3 is 2.60 bits per heavy atom. The monoisotopic (exact) mass is 210 g/mol. The number of hydrogen-bond donors (Lipinski definition) is 1. The van der Waals surface area contributed by atoms with Gasteiger partial charge in [-0.2, -0.15) is 0 Å². The maximum Gasteiger partial charge on any atom is 0.186 e. The van der Waals surface area contributed by atoms with Gasteiger partial charge in [-0.3, -0.25) is 4.79 Å². The lowest BCUT2D eigenvalue weighted by molar-refractivity contribution is -0.125. The molecule has 86 valence electrons. The molecule has 1 aliphatic rings. The van der Waals surface area contributed by atoms with Gasteiger partial charge in [-0.25, -0.2) is 0 Å². The van der Waals surface area contributed by atoms with Crippen molar-refractivity contribution in [2.75, 3.05) is 0 Å². The minimum absolute atomic E-state index is 0.0213. The number of carbonyl (C=O) groups excluding carboxylic acids is 1. The second kappa shape index (κ2) is 4.48. The van der Waals surface area contributed by atoms with E-state index in [4.69, 9.17) is 0 Å². The van der Waals surface area contributed by atoms with Gasteiger partial charge in [0.15, 0.2) is 5.78 Å². The van der Waals surface area contributed by atoms with Crippen LogP contribution in [0.5, 0.6) is 0 Å². The van der Waals surface area contributed by atoms with Crippen molar-refractivity contribution in [3.05, 3.63) is 11.1 Å². The number of aliphatic hydroxyl groups is 1. The van der Waals surface area contributed by atoms with Crippen LogP contribution in [0.4, 0.5) is 0 Å². The zero-order valence-electron chi connectivity index (χ0n) is 10.3. The Bertz CT molecular complexity index is 287. The number of aliphatic hydroxyl groups excluding tert-OH is 1. The van der Waals surface area contributed by atoms with Crippen LogP contribution < -0.4 is 0 Å². The molecule has 0 amide bonds. The van der Waals surface area contributed by atoms with Crippen molar-refractivity contribution in [3.63, 3.8) is 0 Å². The lowest BCUT2D eigenvalue weighted by Gasteiger charge is -2.36. The molecule has 0 aliphatic heterocycles. The van der Waals surface area contributed by atoms with Gasteiger partial charge in [0, 0.05) is 0 Å². The number of ketones is 1. The Labute approximate surface area is 92.4 Å². The SMILES string of the molecule is CCCCC1=C(C)C(=O)C(O)CC1(C)C. The summed E-state index contributed by atoms with van der Waals surface area (Å²) < 4.78 is 0. The first-order chi connectivity index (χ1) is 6.90. The van der Waals surface area contributed by atoms with Crippen molar-refractivity contribution in [2.24, 2.45) is 5.41 Å². The molecule has 0 aromatic carbocycles. The van der Waals surface area contributed by atoms with E-state index in [-0.39, 0.29) is 11.2 Å². The molecule has 1 atom stereocenters. The third-order valence-corrected chi connectivity index (χ3v) is 3.43. The van der Waals surface area contributed by atoms with Gasteiger partial charge in [0.2, 0.25) is 0 Å². The first kappa shape index (κ1) is 12.4. The zero-order valence-corrected chi connectivity index (χ0v) is 10.3. The summed E-state index contributed by atoms with van der Waals surface area (Å²) in [5, 5.41) is 9.64. The number of allylic oxidation sites excluding steroid dienone is 1. The van der Waals surface area contributed by atoms with Crippen LogP contribution in [0, 0.1) is 5.41 Å². The summed E-state index contributed by atoms with van der Waals surface area (Å²) in [5.74, 6) is -0.0690. The average molecular weight is 210 g/mol. The summed E-state index contributed by atoms with van der Waals surface area (Å²) in [4.78, 5) is 11.7. The highest BCUT2D eigenvalue weighted by atomic mass is 16.3. The molecular weight excluding hydrogens is 188 g/mol. The summed E-state index contributed by atoms with van der Waals surface area (Å²) in [5.41, 5.74) is 2.03. The molecule has 2 nitrogen and oxygen atoms in total. The number of unbranched alkanes of at least 4 members (excludes halogenated alkanes) is 1. The summed E-state index contributed by atoms with van der Waals surface area (Å²) >= 11 is 0. The Balaban J connectivity index is 2.99. The molecule has 1 unspecified atom stereocenters. The van der Waals surface area contributed by atoms with Crippen molar-refractivity contribution in [3.8, 4) is 0 Å². The van der Waals surface area contributed by atoms with Gasteiger partial charge < -0.3 is 5.11 Å². The molecule has 1 rings (SSSR count). The van der Waals surface area contributed by atoms with Crippen LogP contribution in [0.15, 0.2) is 11.1 Å². The molecule has 2 heteroatoms. The van der Waals surface area contributed by atoms with Gasteiger partial charge in [-0.05, 0) is 37.2 Å². The highest BCUT2D eigenvalue weighted by molar-refractivity contribution is 6.00. The van der Waals surface area contributed by atoms with Gasteiger partial charge in [0.05, 0.1) is 0 Å². The first-order valence-corrected chi connectivity index (χ1v) is 5.82. The second-order valence-electron chi connectivity index (χ2n) is 5.18. The topological polar surface area (TPSA) is 37.3 Å². The van der Waals surface area contributed by atoms with Crippen molar-refractivity contribution < 1.29 is 9.90 Å². The molecule has 0 saturated carbocycles. The lowest BCUT2D eigenvalue weighted by atomic mass is 9.69.